The second kappa shape index (κ2) is 46.8. The monoisotopic (exact) mass is 2200 g/mol. The number of hydrogen-bond acceptors (Lipinski definition) is 24. The van der Waals surface area contributed by atoms with E-state index >= 15 is 0 Å². The number of rotatable bonds is 25. The Morgan fingerprint density at radius 2 is 0.836 bits per heavy atom. The SMILES string of the molecule is CC1CCCCN1c1ccccc1NS(=O)(=O)c1ccc(S(=O)(=O)N(C)C)cc1.CC1CCCN(c2ccccc2NS(=O)(=O)c2ccc(S(=O)(=O)N(C)C)cc2)C1.CCC(=O)Nc1cc(S(=O)(=O)N(C)C)ccc1S(=O)(=O)Nc1ccccc1N1CCCCC1.O=S(=O)(Nc1c(O)cccc1N1CCCCC1)c1ccc(Br)cc1F.O=S1(=O)Nc2c(cccc2N2CCCCC2)Oc2cc(Br)ccc21. The maximum atomic E-state index is 14.1. The van der Waals surface area contributed by atoms with Crippen molar-refractivity contribution in [2.75, 3.05) is 155 Å². The van der Waals surface area contributed by atoms with E-state index in [-0.39, 0.29) is 57.8 Å². The number of piperidine rings is 5. The molecule has 140 heavy (non-hydrogen) atoms. The standard InChI is InChI=1S/C22H30N4O5S2.2C20H27N3O4S2.C17H18BrFN2O3S.C17H17BrN2O3S/c1-4-22(27)23-19-16-17(33(30,31)25(2)3)12-13-21(19)32(28,29)24-18-10-6-7-11-20(18)26-14-8-5-9-15-26;1-16-8-6-7-15-23(16)20-10-5-4-9-19(20)21-28(24,25)17-11-13-18(14-12-17)29(26,27)22(2)3;1-16-7-6-14-23(15-16)20-9-5-4-8-19(20)21-28(24,25)17-10-12-18(13-11-17)29(26,27)22(2)3;18-12-7-8-16(13(19)11-12)25(23,24)20-17-14(5-4-6-15(17)22)21-9-2-1-3-10-21;18-12-7-8-16-15(11-12)23-14-6-4-5-13(17(14)19-24(16,21)22)20-9-2-1-3-10-20/h6-7,10-13,16,24H,4-5,8-9,14-15H2,1-3H3,(H,23,27);4-5,9-14,16,21H,6-8,15H2,1-3H3;4-5,8-13,16,21H,6-7,14-15H2,1-3H3;4-8,11,20,22H,1-3,9-10H2;4-8,11,19H,1-3,9-10H2. The van der Waals surface area contributed by atoms with Crippen LogP contribution in [0.5, 0.6) is 17.2 Å². The zero-order valence-electron chi connectivity index (χ0n) is 79.1. The minimum Gasteiger partial charge on any atom is -0.506 e. The predicted molar refractivity (Wildman–Crippen MR) is 557 cm³/mol. The van der Waals surface area contributed by atoms with E-state index in [1.807, 2.05) is 53.4 Å². The van der Waals surface area contributed by atoms with Crippen LogP contribution in [-0.2, 0) is 85.0 Å². The normalized spacial score (nSPS) is 16.9. The van der Waals surface area contributed by atoms with Crippen molar-refractivity contribution in [3.05, 3.63) is 227 Å². The number of para-hydroxylation sites is 8. The van der Waals surface area contributed by atoms with Gasteiger partial charge in [0.2, 0.25) is 36.0 Å². The molecule has 0 saturated carbocycles. The van der Waals surface area contributed by atoms with Gasteiger partial charge in [0.25, 0.3) is 50.1 Å². The van der Waals surface area contributed by atoms with Crippen molar-refractivity contribution in [3.63, 3.8) is 0 Å². The first-order valence-electron chi connectivity index (χ1n) is 45.7. The summed E-state index contributed by atoms with van der Waals surface area (Å²) in [6.07, 6.45) is 15.5. The van der Waals surface area contributed by atoms with Gasteiger partial charge in [0.05, 0.1) is 75.7 Å². The van der Waals surface area contributed by atoms with Crippen LogP contribution < -0.4 is 58.2 Å². The van der Waals surface area contributed by atoms with E-state index in [2.05, 4.69) is 94.2 Å². The summed E-state index contributed by atoms with van der Waals surface area (Å²) in [6, 6.07) is 55.4. The van der Waals surface area contributed by atoms with Crippen molar-refractivity contribution in [1.82, 2.24) is 12.9 Å². The summed E-state index contributed by atoms with van der Waals surface area (Å²) in [5, 5.41) is 12.7. The molecule has 1 amide bonds. The number of nitrogens with one attached hydrogen (secondary N) is 6. The lowest BCUT2D eigenvalue weighted by Crippen LogP contribution is -2.38. The molecule has 6 aliphatic rings. The van der Waals surface area contributed by atoms with Crippen LogP contribution in [0.4, 0.5) is 67.0 Å². The molecule has 10 aromatic rings. The number of amides is 1. The van der Waals surface area contributed by atoms with Crippen LogP contribution in [0.3, 0.4) is 0 Å². The third kappa shape index (κ3) is 26.9. The van der Waals surface area contributed by atoms with E-state index < -0.39 is 96.8 Å². The third-order valence-corrected chi connectivity index (χ3v) is 37.6. The van der Waals surface area contributed by atoms with Gasteiger partial charge in [-0.2, -0.15) is 0 Å². The largest absolute Gasteiger partial charge is 0.506 e. The highest BCUT2D eigenvalue weighted by Crippen LogP contribution is 2.47. The number of halogens is 3. The zero-order valence-corrected chi connectivity index (χ0v) is 88.8. The molecule has 0 bridgehead atoms. The van der Waals surface area contributed by atoms with Gasteiger partial charge in [-0.3, -0.25) is 28.4 Å². The Bertz CT molecular complexity index is 7080. The Morgan fingerprint density at radius 3 is 1.35 bits per heavy atom. The molecular formula is C96H119Br2FN14O19S8. The molecule has 2 unspecified atom stereocenters. The van der Waals surface area contributed by atoms with Gasteiger partial charge in [0, 0.05) is 123 Å². The van der Waals surface area contributed by atoms with Gasteiger partial charge in [-0.1, -0.05) is 94.2 Å². The summed E-state index contributed by atoms with van der Waals surface area (Å²) in [5.74, 6) is -0.0786. The van der Waals surface area contributed by atoms with Crippen molar-refractivity contribution < 1.29 is 86.4 Å². The number of fused-ring (bicyclic) bond motifs is 2. The van der Waals surface area contributed by atoms with Crippen molar-refractivity contribution >= 4 is 181 Å². The number of sulfonamides is 8. The van der Waals surface area contributed by atoms with Gasteiger partial charge in [-0.15, -0.1) is 0 Å². The highest BCUT2D eigenvalue weighted by Gasteiger charge is 2.34. The maximum Gasteiger partial charge on any atom is 0.265 e. The Balaban J connectivity index is 0.000000157. The van der Waals surface area contributed by atoms with Crippen molar-refractivity contribution in [3.8, 4) is 17.2 Å². The number of phenols is 1. The summed E-state index contributed by atoms with van der Waals surface area (Å²) in [5.41, 5.74) is 5.95. The van der Waals surface area contributed by atoms with Crippen LogP contribution in [0.2, 0.25) is 0 Å². The molecule has 0 aromatic heterocycles. The first-order chi connectivity index (χ1) is 66.2. The van der Waals surface area contributed by atoms with Crippen LogP contribution in [-0.4, -0.2) is 199 Å². The quantitative estimate of drug-likeness (QED) is 0.0261. The third-order valence-electron chi connectivity index (χ3n) is 24.2. The number of carbonyl (C=O) groups excluding carboxylic acids is 1. The van der Waals surface area contributed by atoms with Gasteiger partial charge >= 0.3 is 0 Å². The lowest BCUT2D eigenvalue weighted by atomic mass is 9.99. The molecule has 44 heteroatoms. The lowest BCUT2D eigenvalue weighted by Gasteiger charge is -2.36. The average Bonchev–Trinajstić information content (AvgIpc) is 1.68. The minimum absolute atomic E-state index is 0.0108. The molecule has 0 radical (unpaired) electrons. The summed E-state index contributed by atoms with van der Waals surface area (Å²) >= 11 is 6.47. The Kier molecular flexibility index (Phi) is 36.2. The van der Waals surface area contributed by atoms with Gasteiger partial charge in [-0.05, 0) is 267 Å². The smallest absolute Gasteiger partial charge is 0.265 e. The molecule has 7 N–H and O–H groups in total. The topological polar surface area (TPSA) is 418 Å². The number of carbonyl (C=O) groups is 1. The molecule has 756 valence electrons. The lowest BCUT2D eigenvalue weighted by molar-refractivity contribution is -0.115. The first-order valence-corrected chi connectivity index (χ1v) is 59.0. The fourth-order valence-electron chi connectivity index (χ4n) is 16.7. The van der Waals surface area contributed by atoms with Gasteiger partial charge in [0.1, 0.15) is 43.4 Å². The molecule has 0 spiro atoms. The summed E-state index contributed by atoms with van der Waals surface area (Å²) < 4.78 is 241. The second-order valence-corrected chi connectivity index (χ2v) is 51.5. The number of anilines is 11. The number of hydrogen-bond donors (Lipinski definition) is 7. The summed E-state index contributed by atoms with van der Waals surface area (Å²) in [4.78, 5) is 22.4. The zero-order chi connectivity index (χ0) is 101. The molecule has 0 aliphatic carbocycles. The molecule has 33 nitrogen and oxygen atoms in total. The molecule has 6 aliphatic heterocycles. The van der Waals surface area contributed by atoms with Gasteiger partial charge in [0.15, 0.2) is 5.75 Å². The fraction of sp³-hybridized carbons (Fsp3) is 0.365. The average molecular weight is 2210 g/mol. The first kappa shape index (κ1) is 108. The molecule has 16 rings (SSSR count). The van der Waals surface area contributed by atoms with Gasteiger partial charge in [-0.25, -0.2) is 84.6 Å². The Labute approximate surface area is 840 Å². The molecule has 2 atom stereocenters. The van der Waals surface area contributed by atoms with Crippen molar-refractivity contribution in [1.29, 1.82) is 0 Å². The molecule has 6 heterocycles. The van der Waals surface area contributed by atoms with Crippen LogP contribution >= 0.6 is 31.9 Å². The van der Waals surface area contributed by atoms with Gasteiger partial charge < -0.3 is 39.7 Å². The fourth-order valence-corrected chi connectivity index (χ4v) is 25.8. The highest BCUT2D eigenvalue weighted by molar-refractivity contribution is 9.10. The molecular weight excluding hydrogens is 2090 g/mol. The Hall–Kier alpha value is -10.4. The van der Waals surface area contributed by atoms with E-state index in [1.165, 1.54) is 146 Å². The summed E-state index contributed by atoms with van der Waals surface area (Å²) in [6.45, 7) is 13.7. The highest BCUT2D eigenvalue weighted by atomic mass is 79.9. The van der Waals surface area contributed by atoms with Crippen LogP contribution in [0.15, 0.2) is 260 Å². The van der Waals surface area contributed by atoms with Crippen molar-refractivity contribution in [2.24, 2.45) is 5.92 Å². The summed E-state index contributed by atoms with van der Waals surface area (Å²) in [7, 11) is -22.3. The molecule has 5 fully saturated rings. The minimum atomic E-state index is -4.18. The van der Waals surface area contributed by atoms with E-state index in [0.29, 0.717) is 56.4 Å². The maximum absolute atomic E-state index is 14.1. The number of phenolic OH excluding ortho intramolecular Hbond substituents is 1. The second-order valence-electron chi connectivity index (χ2n) is 34.9. The van der Waals surface area contributed by atoms with Crippen LogP contribution in [0.25, 0.3) is 0 Å². The molecule has 5 saturated heterocycles. The van der Waals surface area contributed by atoms with E-state index in [1.54, 1.807) is 79.7 Å². The van der Waals surface area contributed by atoms with Crippen molar-refractivity contribution in [2.45, 2.75) is 162 Å². The van der Waals surface area contributed by atoms with E-state index in [0.717, 1.165) is 176 Å². The van der Waals surface area contributed by atoms with E-state index in [9.17, 15) is 81.6 Å². The number of nitrogens with zero attached hydrogens (tertiary/aromatic N) is 8. The van der Waals surface area contributed by atoms with E-state index in [4.69, 9.17) is 4.74 Å². The predicted octanol–water partition coefficient (Wildman–Crippen LogP) is 17.6. The van der Waals surface area contributed by atoms with Crippen LogP contribution in [0, 0.1) is 11.7 Å². The number of aromatic hydroxyl groups is 1. The molecule has 10 aromatic carbocycles. The Morgan fingerprint density at radius 1 is 0.421 bits per heavy atom. The van der Waals surface area contributed by atoms with Crippen LogP contribution in [0.1, 0.15) is 117 Å². The number of benzene rings is 10. The number of ether oxygens (including phenoxy) is 1.